The van der Waals surface area contributed by atoms with Crippen LogP contribution in [0.4, 0.5) is 0 Å². The molecule has 1 amide bonds. The van der Waals surface area contributed by atoms with Crippen LogP contribution in [0, 0.1) is 6.92 Å². The molecule has 1 aliphatic rings. The van der Waals surface area contributed by atoms with Crippen LogP contribution in [-0.4, -0.2) is 53.7 Å². The number of carbonyl (C=O) groups excluding carboxylic acids is 2. The van der Waals surface area contributed by atoms with Gasteiger partial charge in [-0.3, -0.25) is 9.59 Å². The van der Waals surface area contributed by atoms with Crippen LogP contribution in [0.5, 0.6) is 17.2 Å². The number of aliphatic hydroxyl groups excluding tert-OH is 1. The number of ether oxygens (including phenoxy) is 3. The summed E-state index contributed by atoms with van der Waals surface area (Å²) < 4.78 is 16.5. The largest absolute Gasteiger partial charge is 0.507 e. The fraction of sp³-hybridized carbons (Fsp3) is 0.290. The van der Waals surface area contributed by atoms with Gasteiger partial charge in [-0.25, -0.2) is 0 Å². The first-order valence-electron chi connectivity index (χ1n) is 12.9. The minimum atomic E-state index is -0.862. The summed E-state index contributed by atoms with van der Waals surface area (Å²) in [4.78, 5) is 27.8. The van der Waals surface area contributed by atoms with Crippen molar-refractivity contribution in [1.29, 1.82) is 0 Å². The quantitative estimate of drug-likeness (QED) is 0.153. The first-order valence-corrected chi connectivity index (χ1v) is 12.9. The van der Waals surface area contributed by atoms with E-state index in [0.717, 1.165) is 11.1 Å². The molecule has 0 unspecified atom stereocenters. The molecule has 0 aromatic heterocycles. The Morgan fingerprint density at radius 1 is 1.00 bits per heavy atom. The highest BCUT2D eigenvalue weighted by atomic mass is 16.5. The van der Waals surface area contributed by atoms with Gasteiger partial charge in [0, 0.05) is 25.8 Å². The van der Waals surface area contributed by atoms with Crippen molar-refractivity contribution < 1.29 is 34.0 Å². The summed E-state index contributed by atoms with van der Waals surface area (Å²) in [6.07, 6.45) is 0.503. The second kappa shape index (κ2) is 12.5. The van der Waals surface area contributed by atoms with E-state index in [0.29, 0.717) is 43.1 Å². The van der Waals surface area contributed by atoms with Crippen molar-refractivity contribution in [1.82, 2.24) is 4.90 Å². The zero-order valence-electron chi connectivity index (χ0n) is 22.3. The molecule has 204 valence electrons. The third-order valence-electron chi connectivity index (χ3n) is 6.50. The molecule has 0 aliphatic carbocycles. The maximum atomic E-state index is 13.2. The van der Waals surface area contributed by atoms with E-state index in [-0.39, 0.29) is 29.4 Å². The Kier molecular flexibility index (Phi) is 8.88. The smallest absolute Gasteiger partial charge is 0.295 e. The molecule has 3 aromatic rings. The number of amides is 1. The van der Waals surface area contributed by atoms with Gasteiger partial charge in [0.1, 0.15) is 18.1 Å². The minimum Gasteiger partial charge on any atom is -0.507 e. The molecule has 0 saturated carbocycles. The van der Waals surface area contributed by atoms with Crippen molar-refractivity contribution in [2.75, 3.05) is 26.9 Å². The molecule has 1 fully saturated rings. The maximum Gasteiger partial charge on any atom is 0.295 e. The molecule has 8 heteroatoms. The fourth-order valence-electron chi connectivity index (χ4n) is 4.64. The summed E-state index contributed by atoms with van der Waals surface area (Å²) in [5.41, 5.74) is 3.07. The number of rotatable bonds is 11. The number of aryl methyl sites for hydroxylation is 1. The summed E-state index contributed by atoms with van der Waals surface area (Å²) in [5.74, 6) is -0.998. The Balaban J connectivity index is 1.67. The number of hydrogen-bond donors (Lipinski definition) is 2. The summed E-state index contributed by atoms with van der Waals surface area (Å²) in [5, 5.41) is 21.5. The number of phenolic OH excluding ortho intramolecular Hbond substituents is 1. The van der Waals surface area contributed by atoms with Gasteiger partial charge in [0.2, 0.25) is 0 Å². The lowest BCUT2D eigenvalue weighted by atomic mass is 9.95. The number of methoxy groups -OCH3 is 1. The Hall–Kier alpha value is -4.30. The molecule has 1 heterocycles. The summed E-state index contributed by atoms with van der Waals surface area (Å²) in [7, 11) is 1.56. The highest BCUT2D eigenvalue weighted by Gasteiger charge is 2.46. The van der Waals surface area contributed by atoms with E-state index in [4.69, 9.17) is 14.2 Å². The van der Waals surface area contributed by atoms with Gasteiger partial charge in [-0.05, 0) is 67.8 Å². The third kappa shape index (κ3) is 6.23. The van der Waals surface area contributed by atoms with Crippen molar-refractivity contribution in [2.24, 2.45) is 0 Å². The number of ketones is 1. The molecule has 2 N–H and O–H groups in total. The fourth-order valence-corrected chi connectivity index (χ4v) is 4.64. The van der Waals surface area contributed by atoms with Gasteiger partial charge in [-0.1, -0.05) is 35.9 Å². The topological polar surface area (TPSA) is 106 Å². The Bertz CT molecular complexity index is 1360. The minimum absolute atomic E-state index is 0.0287. The molecule has 0 spiro atoms. The third-order valence-corrected chi connectivity index (χ3v) is 6.50. The number of benzene rings is 3. The molecular formula is C31H33NO7. The van der Waals surface area contributed by atoms with E-state index in [9.17, 15) is 19.8 Å². The average molecular weight is 532 g/mol. The van der Waals surface area contributed by atoms with Crippen molar-refractivity contribution in [3.8, 4) is 17.2 Å². The molecule has 4 rings (SSSR count). The van der Waals surface area contributed by atoms with Gasteiger partial charge in [-0.15, -0.1) is 0 Å². The van der Waals surface area contributed by atoms with Crippen LogP contribution in [-0.2, 0) is 20.9 Å². The number of carbonyl (C=O) groups is 2. The van der Waals surface area contributed by atoms with Crippen molar-refractivity contribution in [3.63, 3.8) is 0 Å². The number of likely N-dealkylation sites (tertiary alicyclic amines) is 1. The number of aromatic hydroxyl groups is 1. The number of aliphatic hydroxyl groups is 1. The van der Waals surface area contributed by atoms with Gasteiger partial charge >= 0.3 is 0 Å². The molecule has 1 aliphatic heterocycles. The van der Waals surface area contributed by atoms with Crippen LogP contribution in [0.1, 0.15) is 41.6 Å². The number of Topliss-reactive ketones (excluding diaryl/α,β-unsaturated/α-hetero) is 1. The first kappa shape index (κ1) is 27.7. The molecule has 3 aromatic carbocycles. The Morgan fingerprint density at radius 2 is 1.77 bits per heavy atom. The number of phenols is 1. The molecular weight excluding hydrogens is 498 g/mol. The zero-order chi connectivity index (χ0) is 27.9. The van der Waals surface area contributed by atoms with Crippen molar-refractivity contribution in [2.45, 2.75) is 32.9 Å². The van der Waals surface area contributed by atoms with Gasteiger partial charge < -0.3 is 29.3 Å². The number of nitrogens with zero attached hydrogens (tertiary/aromatic N) is 1. The normalized spacial score (nSPS) is 16.5. The molecule has 1 saturated heterocycles. The van der Waals surface area contributed by atoms with E-state index < -0.39 is 17.7 Å². The second-order valence-corrected chi connectivity index (χ2v) is 9.30. The average Bonchev–Trinajstić information content (AvgIpc) is 3.18. The van der Waals surface area contributed by atoms with E-state index >= 15 is 0 Å². The lowest BCUT2D eigenvalue weighted by Gasteiger charge is -2.25. The molecule has 8 nitrogen and oxygen atoms in total. The second-order valence-electron chi connectivity index (χ2n) is 9.30. The van der Waals surface area contributed by atoms with E-state index in [1.54, 1.807) is 50.4 Å². The maximum absolute atomic E-state index is 13.2. The van der Waals surface area contributed by atoms with Crippen LogP contribution >= 0.6 is 0 Å². The zero-order valence-corrected chi connectivity index (χ0v) is 22.3. The van der Waals surface area contributed by atoms with Gasteiger partial charge in [0.05, 0.1) is 18.2 Å². The van der Waals surface area contributed by atoms with Gasteiger partial charge in [0.15, 0.2) is 11.5 Å². The lowest BCUT2D eigenvalue weighted by Crippen LogP contribution is -2.31. The predicted octanol–water partition coefficient (Wildman–Crippen LogP) is 5.14. The highest BCUT2D eigenvalue weighted by Crippen LogP contribution is 2.42. The van der Waals surface area contributed by atoms with Crippen LogP contribution in [0.3, 0.4) is 0 Å². The summed E-state index contributed by atoms with van der Waals surface area (Å²) in [6.45, 7) is 5.17. The SMILES string of the molecule is CCOc1cc([C@@H]2/C(=C(\O)c3ccc(OCc4cccc(C)c4)cc3)C(=O)C(=O)N2CCCOC)ccc1O. The van der Waals surface area contributed by atoms with Crippen LogP contribution in [0.15, 0.2) is 72.3 Å². The standard InChI is InChI=1S/C31H33NO7/c1-4-38-26-18-23(11-14-25(26)33)28-27(30(35)31(36)32(28)15-6-16-37-3)29(34)22-9-12-24(13-10-22)39-19-21-8-5-7-20(2)17-21/h5,7-14,17-18,28,33-34H,4,6,15-16,19H2,1-3H3/b29-27+/t28-/m1/s1. The van der Waals surface area contributed by atoms with E-state index in [2.05, 4.69) is 0 Å². The van der Waals surface area contributed by atoms with Crippen LogP contribution in [0.25, 0.3) is 5.76 Å². The van der Waals surface area contributed by atoms with Gasteiger partial charge in [0.25, 0.3) is 11.7 Å². The highest BCUT2D eigenvalue weighted by molar-refractivity contribution is 6.46. The Morgan fingerprint density at radius 3 is 2.46 bits per heavy atom. The monoisotopic (exact) mass is 531 g/mol. The van der Waals surface area contributed by atoms with E-state index in [1.807, 2.05) is 31.2 Å². The molecule has 0 radical (unpaired) electrons. The molecule has 39 heavy (non-hydrogen) atoms. The van der Waals surface area contributed by atoms with E-state index in [1.165, 1.54) is 11.0 Å². The number of hydrogen-bond acceptors (Lipinski definition) is 7. The van der Waals surface area contributed by atoms with Crippen LogP contribution < -0.4 is 9.47 Å². The predicted molar refractivity (Wildman–Crippen MR) is 147 cm³/mol. The van der Waals surface area contributed by atoms with Crippen LogP contribution in [0.2, 0.25) is 0 Å². The summed E-state index contributed by atoms with van der Waals surface area (Å²) in [6, 6.07) is 18.6. The van der Waals surface area contributed by atoms with Gasteiger partial charge in [-0.2, -0.15) is 0 Å². The lowest BCUT2D eigenvalue weighted by molar-refractivity contribution is -0.140. The Labute approximate surface area is 228 Å². The first-order chi connectivity index (χ1) is 18.8. The molecule has 0 bridgehead atoms. The molecule has 1 atom stereocenters. The van der Waals surface area contributed by atoms with Crippen molar-refractivity contribution in [3.05, 3.63) is 94.6 Å². The van der Waals surface area contributed by atoms with Crippen molar-refractivity contribution >= 4 is 17.4 Å². The summed E-state index contributed by atoms with van der Waals surface area (Å²) >= 11 is 0.